The van der Waals surface area contributed by atoms with Crippen molar-refractivity contribution in [2.75, 3.05) is 0 Å². The summed E-state index contributed by atoms with van der Waals surface area (Å²) in [4.78, 5) is 0. The molecular formula is C9H17. The summed E-state index contributed by atoms with van der Waals surface area (Å²) in [5.41, 5.74) is 0. The fourth-order valence-electron chi connectivity index (χ4n) is 1.19. The van der Waals surface area contributed by atoms with Crippen molar-refractivity contribution in [2.24, 2.45) is 5.92 Å². The summed E-state index contributed by atoms with van der Waals surface area (Å²) in [6.45, 7) is 3.82. The fourth-order valence-corrected chi connectivity index (χ4v) is 1.19. The zero-order valence-corrected chi connectivity index (χ0v) is 6.23. The van der Waals surface area contributed by atoms with Crippen LogP contribution < -0.4 is 0 Å². The summed E-state index contributed by atoms with van der Waals surface area (Å²) in [5, 5.41) is 0. The Balaban J connectivity index is 1.71. The third-order valence-corrected chi connectivity index (χ3v) is 2.06. The molecule has 0 aromatic rings. The van der Waals surface area contributed by atoms with Crippen LogP contribution in [0.2, 0.25) is 0 Å². The number of unbranched alkanes of at least 4 members (excludes halogenated alkanes) is 3. The molecule has 53 valence electrons. The van der Waals surface area contributed by atoms with E-state index >= 15 is 0 Å². The summed E-state index contributed by atoms with van der Waals surface area (Å²) in [6, 6.07) is 0. The summed E-state index contributed by atoms with van der Waals surface area (Å²) in [7, 11) is 0. The van der Waals surface area contributed by atoms with Gasteiger partial charge in [0.2, 0.25) is 0 Å². The Morgan fingerprint density at radius 1 is 1.11 bits per heavy atom. The van der Waals surface area contributed by atoms with Crippen molar-refractivity contribution in [3.05, 3.63) is 6.92 Å². The molecule has 0 amide bonds. The molecule has 9 heavy (non-hydrogen) atoms. The van der Waals surface area contributed by atoms with Crippen molar-refractivity contribution in [3.8, 4) is 0 Å². The Morgan fingerprint density at radius 3 is 2.44 bits per heavy atom. The van der Waals surface area contributed by atoms with Crippen LogP contribution in [-0.2, 0) is 0 Å². The first-order valence-electron chi connectivity index (χ1n) is 4.22. The van der Waals surface area contributed by atoms with E-state index in [4.69, 9.17) is 0 Å². The van der Waals surface area contributed by atoms with E-state index in [1.165, 1.54) is 38.5 Å². The Bertz CT molecular complexity index is 62.4. The van der Waals surface area contributed by atoms with Crippen LogP contribution >= 0.6 is 0 Å². The molecule has 0 saturated heterocycles. The zero-order chi connectivity index (χ0) is 6.53. The molecule has 0 unspecified atom stereocenters. The van der Waals surface area contributed by atoms with Crippen molar-refractivity contribution < 1.29 is 0 Å². The maximum absolute atomic E-state index is 3.82. The summed E-state index contributed by atoms with van der Waals surface area (Å²) < 4.78 is 0. The van der Waals surface area contributed by atoms with E-state index in [1.807, 2.05) is 0 Å². The molecule has 1 saturated carbocycles. The maximum atomic E-state index is 3.82. The highest BCUT2D eigenvalue weighted by Gasteiger charge is 2.19. The third-order valence-electron chi connectivity index (χ3n) is 2.06. The fraction of sp³-hybridized carbons (Fsp3) is 0.889. The quantitative estimate of drug-likeness (QED) is 0.495. The molecule has 0 bridgehead atoms. The standard InChI is InChI=1S/C9H17/c1-2-3-4-5-6-9-7-8-9/h9H,1-8H2. The Kier molecular flexibility index (Phi) is 3.10. The zero-order valence-electron chi connectivity index (χ0n) is 6.23. The normalized spacial score (nSPS) is 18.3. The van der Waals surface area contributed by atoms with Crippen LogP contribution in [0.5, 0.6) is 0 Å². The van der Waals surface area contributed by atoms with Gasteiger partial charge in [-0.3, -0.25) is 0 Å². The van der Waals surface area contributed by atoms with Gasteiger partial charge in [0.1, 0.15) is 0 Å². The van der Waals surface area contributed by atoms with Crippen LogP contribution in [0.1, 0.15) is 44.9 Å². The molecule has 1 fully saturated rings. The van der Waals surface area contributed by atoms with Gasteiger partial charge in [0.15, 0.2) is 0 Å². The second-order valence-electron chi connectivity index (χ2n) is 3.15. The average molecular weight is 125 g/mol. The summed E-state index contributed by atoms with van der Waals surface area (Å²) in [5.74, 6) is 1.13. The van der Waals surface area contributed by atoms with Gasteiger partial charge >= 0.3 is 0 Å². The van der Waals surface area contributed by atoms with Crippen LogP contribution in [0.3, 0.4) is 0 Å². The lowest BCUT2D eigenvalue weighted by atomic mass is 10.1. The minimum Gasteiger partial charge on any atom is -0.0533 e. The SMILES string of the molecule is [CH2]CCCCCC1CC1. The Morgan fingerprint density at radius 2 is 1.89 bits per heavy atom. The highest BCUT2D eigenvalue weighted by molar-refractivity contribution is 4.72. The van der Waals surface area contributed by atoms with Crippen molar-refractivity contribution >= 4 is 0 Å². The predicted octanol–water partition coefficient (Wildman–Crippen LogP) is 3.18. The molecule has 0 heteroatoms. The van der Waals surface area contributed by atoms with Gasteiger partial charge in [0, 0.05) is 0 Å². The van der Waals surface area contributed by atoms with Gasteiger partial charge in [-0.2, -0.15) is 0 Å². The summed E-state index contributed by atoms with van der Waals surface area (Å²) in [6.07, 6.45) is 9.88. The van der Waals surface area contributed by atoms with Gasteiger partial charge in [-0.15, -0.1) is 0 Å². The van der Waals surface area contributed by atoms with E-state index in [2.05, 4.69) is 6.92 Å². The molecule has 0 heterocycles. The number of rotatable bonds is 5. The smallest absolute Gasteiger partial charge is 0.0414 e. The lowest BCUT2D eigenvalue weighted by Gasteiger charge is -1.95. The van der Waals surface area contributed by atoms with Crippen LogP contribution in [0.4, 0.5) is 0 Å². The highest BCUT2D eigenvalue weighted by Crippen LogP contribution is 2.33. The van der Waals surface area contributed by atoms with Gasteiger partial charge in [-0.1, -0.05) is 51.9 Å². The molecule has 1 rings (SSSR count). The number of hydrogen-bond donors (Lipinski definition) is 0. The predicted molar refractivity (Wildman–Crippen MR) is 41.2 cm³/mol. The van der Waals surface area contributed by atoms with Gasteiger partial charge in [-0.05, 0) is 5.92 Å². The molecule has 0 aromatic heterocycles. The van der Waals surface area contributed by atoms with Crippen molar-refractivity contribution in [2.45, 2.75) is 44.9 Å². The Labute approximate surface area is 58.7 Å². The van der Waals surface area contributed by atoms with Crippen molar-refractivity contribution in [1.29, 1.82) is 0 Å². The maximum Gasteiger partial charge on any atom is -0.0414 e. The molecule has 1 radical (unpaired) electrons. The lowest BCUT2D eigenvalue weighted by molar-refractivity contribution is 0.606. The molecule has 0 atom stereocenters. The minimum atomic E-state index is 1.13. The second-order valence-corrected chi connectivity index (χ2v) is 3.15. The molecule has 1 aliphatic carbocycles. The van der Waals surface area contributed by atoms with Gasteiger partial charge in [0.05, 0.1) is 0 Å². The topological polar surface area (TPSA) is 0 Å². The van der Waals surface area contributed by atoms with E-state index in [0.29, 0.717) is 0 Å². The van der Waals surface area contributed by atoms with Gasteiger partial charge in [0.25, 0.3) is 0 Å². The average Bonchev–Trinajstić information content (AvgIpc) is 2.63. The molecule has 0 nitrogen and oxygen atoms in total. The van der Waals surface area contributed by atoms with Gasteiger partial charge < -0.3 is 0 Å². The van der Waals surface area contributed by atoms with Crippen molar-refractivity contribution in [1.82, 2.24) is 0 Å². The van der Waals surface area contributed by atoms with E-state index < -0.39 is 0 Å². The molecule has 0 N–H and O–H groups in total. The second kappa shape index (κ2) is 3.92. The van der Waals surface area contributed by atoms with E-state index in [0.717, 1.165) is 12.3 Å². The van der Waals surface area contributed by atoms with E-state index in [9.17, 15) is 0 Å². The van der Waals surface area contributed by atoms with Crippen LogP contribution in [0.25, 0.3) is 0 Å². The minimum absolute atomic E-state index is 1.13. The van der Waals surface area contributed by atoms with Gasteiger partial charge in [-0.25, -0.2) is 0 Å². The number of hydrogen-bond acceptors (Lipinski definition) is 0. The third kappa shape index (κ3) is 3.56. The molecule has 0 aromatic carbocycles. The highest BCUT2D eigenvalue weighted by atomic mass is 14.2. The first kappa shape index (κ1) is 7.11. The first-order chi connectivity index (χ1) is 4.43. The molecule has 1 aliphatic rings. The largest absolute Gasteiger partial charge is 0.0533 e. The monoisotopic (exact) mass is 125 g/mol. The molecule has 0 aliphatic heterocycles. The van der Waals surface area contributed by atoms with E-state index in [-0.39, 0.29) is 0 Å². The summed E-state index contributed by atoms with van der Waals surface area (Å²) >= 11 is 0. The molecule has 0 spiro atoms. The molecular weight excluding hydrogens is 108 g/mol. The van der Waals surface area contributed by atoms with Crippen molar-refractivity contribution in [3.63, 3.8) is 0 Å². The van der Waals surface area contributed by atoms with E-state index in [1.54, 1.807) is 0 Å². The van der Waals surface area contributed by atoms with Crippen LogP contribution in [-0.4, -0.2) is 0 Å². The van der Waals surface area contributed by atoms with Crippen LogP contribution in [0.15, 0.2) is 0 Å². The lowest BCUT2D eigenvalue weighted by Crippen LogP contribution is -1.77. The van der Waals surface area contributed by atoms with Crippen LogP contribution in [0, 0.1) is 12.8 Å². The first-order valence-corrected chi connectivity index (χ1v) is 4.22. The Hall–Kier alpha value is 0.